The Morgan fingerprint density at radius 1 is 1.35 bits per heavy atom. The van der Waals surface area contributed by atoms with E-state index in [1.54, 1.807) is 6.26 Å². The van der Waals surface area contributed by atoms with Gasteiger partial charge in [0.15, 0.2) is 0 Å². The fraction of sp³-hybridized carbons (Fsp3) is 0.167. The van der Waals surface area contributed by atoms with Gasteiger partial charge in [0.1, 0.15) is 5.76 Å². The van der Waals surface area contributed by atoms with Crippen LogP contribution in [0.15, 0.2) is 45.5 Å². The Hall–Kier alpha value is -1.30. The molecule has 2 rings (SSSR count). The van der Waals surface area contributed by atoms with Crippen LogP contribution in [0.3, 0.4) is 0 Å². The molecule has 0 aliphatic carbocycles. The molecule has 0 aliphatic rings. The van der Waals surface area contributed by atoms with Gasteiger partial charge in [0.05, 0.1) is 12.3 Å². The van der Waals surface area contributed by atoms with E-state index in [0.29, 0.717) is 12.1 Å². The van der Waals surface area contributed by atoms with Crippen LogP contribution in [0.2, 0.25) is 0 Å². The van der Waals surface area contributed by atoms with Crippen molar-refractivity contribution in [3.63, 3.8) is 0 Å². The van der Waals surface area contributed by atoms with Crippen molar-refractivity contribution in [2.45, 2.75) is 12.5 Å². The van der Waals surface area contributed by atoms with Gasteiger partial charge >= 0.3 is 0 Å². The summed E-state index contributed by atoms with van der Waals surface area (Å²) >= 11 is 3.42. The second-order valence-corrected chi connectivity index (χ2v) is 4.69. The van der Waals surface area contributed by atoms with E-state index in [9.17, 15) is 0 Å². The van der Waals surface area contributed by atoms with E-state index in [4.69, 9.17) is 16.0 Å². The topological polar surface area (TPSA) is 77.2 Å². The van der Waals surface area contributed by atoms with Crippen molar-refractivity contribution in [3.8, 4) is 0 Å². The van der Waals surface area contributed by atoms with Crippen molar-refractivity contribution >= 4 is 21.6 Å². The van der Waals surface area contributed by atoms with E-state index in [1.807, 2.05) is 30.3 Å². The van der Waals surface area contributed by atoms with Gasteiger partial charge in [-0.1, -0.05) is 15.9 Å². The molecule has 4 nitrogen and oxygen atoms in total. The number of nitrogens with one attached hydrogen (secondary N) is 1. The second kappa shape index (κ2) is 5.35. The van der Waals surface area contributed by atoms with Gasteiger partial charge < -0.3 is 10.2 Å². The number of nitrogen functional groups attached to an aromatic ring is 1. The van der Waals surface area contributed by atoms with Crippen molar-refractivity contribution < 1.29 is 4.42 Å². The lowest BCUT2D eigenvalue weighted by Gasteiger charge is -2.17. The predicted octanol–water partition coefficient (Wildman–Crippen LogP) is 2.37. The van der Waals surface area contributed by atoms with Crippen molar-refractivity contribution in [3.05, 3.63) is 52.4 Å². The summed E-state index contributed by atoms with van der Waals surface area (Å²) in [6.07, 6.45) is 2.30. The number of anilines is 1. The standard InChI is InChI=1S/C12H14BrN3O/c13-8-3-4-11(14)10(6-8)12(16-15)7-9-2-1-5-17-9/h1-6,12,16H,7,14-15H2. The van der Waals surface area contributed by atoms with Gasteiger partial charge in [0, 0.05) is 16.6 Å². The van der Waals surface area contributed by atoms with Gasteiger partial charge in [-0.15, -0.1) is 0 Å². The SMILES string of the molecule is NNC(Cc1ccco1)c1cc(Br)ccc1N. The third-order valence-electron chi connectivity index (χ3n) is 2.61. The smallest absolute Gasteiger partial charge is 0.105 e. The molecule has 0 spiro atoms. The van der Waals surface area contributed by atoms with E-state index < -0.39 is 0 Å². The Morgan fingerprint density at radius 3 is 2.82 bits per heavy atom. The first kappa shape index (κ1) is 12.2. The molecule has 0 bridgehead atoms. The van der Waals surface area contributed by atoms with Crippen LogP contribution in [-0.2, 0) is 6.42 Å². The molecule has 1 atom stereocenters. The zero-order chi connectivity index (χ0) is 12.3. The van der Waals surface area contributed by atoms with Crippen LogP contribution in [0.4, 0.5) is 5.69 Å². The van der Waals surface area contributed by atoms with Crippen LogP contribution in [-0.4, -0.2) is 0 Å². The van der Waals surface area contributed by atoms with Gasteiger partial charge in [-0.3, -0.25) is 11.3 Å². The van der Waals surface area contributed by atoms with Crippen molar-refractivity contribution in [1.29, 1.82) is 0 Å². The number of hydrogen-bond acceptors (Lipinski definition) is 4. The lowest BCUT2D eigenvalue weighted by molar-refractivity contribution is 0.455. The molecule has 1 heterocycles. The maximum absolute atomic E-state index is 5.95. The minimum absolute atomic E-state index is 0.0707. The molecule has 0 amide bonds. The molecule has 5 heteroatoms. The summed E-state index contributed by atoms with van der Waals surface area (Å²) in [6.45, 7) is 0. The number of hydrazine groups is 1. The van der Waals surface area contributed by atoms with Gasteiger partial charge in [0.2, 0.25) is 0 Å². The molecular formula is C12H14BrN3O. The number of halogens is 1. The van der Waals surface area contributed by atoms with Gasteiger partial charge in [-0.05, 0) is 35.9 Å². The molecule has 2 aromatic rings. The number of nitrogens with two attached hydrogens (primary N) is 2. The molecule has 1 unspecified atom stereocenters. The third-order valence-corrected chi connectivity index (χ3v) is 3.10. The predicted molar refractivity (Wildman–Crippen MR) is 71.0 cm³/mol. The first-order valence-corrected chi connectivity index (χ1v) is 6.03. The number of furan rings is 1. The lowest BCUT2D eigenvalue weighted by atomic mass is 10.0. The van der Waals surface area contributed by atoms with Crippen molar-refractivity contribution in [2.24, 2.45) is 5.84 Å². The largest absolute Gasteiger partial charge is 0.469 e. The summed E-state index contributed by atoms with van der Waals surface area (Å²) in [5.41, 5.74) is 10.4. The highest BCUT2D eigenvalue weighted by atomic mass is 79.9. The number of hydrogen-bond donors (Lipinski definition) is 3. The van der Waals surface area contributed by atoms with Crippen LogP contribution in [0, 0.1) is 0 Å². The molecule has 0 saturated heterocycles. The highest BCUT2D eigenvalue weighted by Gasteiger charge is 2.15. The van der Waals surface area contributed by atoms with Crippen LogP contribution < -0.4 is 17.0 Å². The Balaban J connectivity index is 2.25. The Kier molecular flexibility index (Phi) is 3.83. The Labute approximate surface area is 108 Å². The fourth-order valence-electron chi connectivity index (χ4n) is 1.74. The Bertz CT molecular complexity index is 485. The first-order valence-electron chi connectivity index (χ1n) is 5.24. The van der Waals surface area contributed by atoms with Gasteiger partial charge in [0.25, 0.3) is 0 Å². The van der Waals surface area contributed by atoms with E-state index in [-0.39, 0.29) is 6.04 Å². The minimum atomic E-state index is -0.0707. The van der Waals surface area contributed by atoms with E-state index in [1.165, 1.54) is 0 Å². The molecule has 17 heavy (non-hydrogen) atoms. The maximum atomic E-state index is 5.95. The quantitative estimate of drug-likeness (QED) is 0.460. The summed E-state index contributed by atoms with van der Waals surface area (Å²) in [6, 6.07) is 9.42. The van der Waals surface area contributed by atoms with E-state index in [2.05, 4.69) is 21.4 Å². The molecule has 1 aromatic heterocycles. The Morgan fingerprint density at radius 2 is 2.18 bits per heavy atom. The van der Waals surface area contributed by atoms with Crippen molar-refractivity contribution in [2.75, 3.05) is 5.73 Å². The summed E-state index contributed by atoms with van der Waals surface area (Å²) in [7, 11) is 0. The van der Waals surface area contributed by atoms with Crippen LogP contribution in [0.5, 0.6) is 0 Å². The van der Waals surface area contributed by atoms with Crippen LogP contribution in [0.1, 0.15) is 17.4 Å². The number of benzene rings is 1. The normalized spacial score (nSPS) is 12.6. The van der Waals surface area contributed by atoms with Gasteiger partial charge in [-0.2, -0.15) is 0 Å². The molecule has 0 fully saturated rings. The average Bonchev–Trinajstić information content (AvgIpc) is 2.82. The average molecular weight is 296 g/mol. The van der Waals surface area contributed by atoms with E-state index >= 15 is 0 Å². The van der Waals surface area contributed by atoms with Crippen LogP contribution in [0.25, 0.3) is 0 Å². The third kappa shape index (κ3) is 2.88. The molecule has 90 valence electrons. The molecule has 0 radical (unpaired) electrons. The molecule has 0 saturated carbocycles. The summed E-state index contributed by atoms with van der Waals surface area (Å²) in [5, 5.41) is 0. The summed E-state index contributed by atoms with van der Waals surface area (Å²) in [4.78, 5) is 0. The zero-order valence-electron chi connectivity index (χ0n) is 9.19. The molecule has 5 N–H and O–H groups in total. The van der Waals surface area contributed by atoms with Crippen molar-refractivity contribution in [1.82, 2.24) is 5.43 Å². The molecule has 0 aliphatic heterocycles. The second-order valence-electron chi connectivity index (χ2n) is 3.78. The molecular weight excluding hydrogens is 282 g/mol. The zero-order valence-corrected chi connectivity index (χ0v) is 10.8. The fourth-order valence-corrected chi connectivity index (χ4v) is 2.11. The lowest BCUT2D eigenvalue weighted by Crippen LogP contribution is -2.30. The summed E-state index contributed by atoms with van der Waals surface area (Å²) < 4.78 is 6.28. The maximum Gasteiger partial charge on any atom is 0.105 e. The number of rotatable bonds is 4. The van der Waals surface area contributed by atoms with E-state index in [0.717, 1.165) is 15.8 Å². The van der Waals surface area contributed by atoms with Gasteiger partial charge in [-0.25, -0.2) is 0 Å². The highest BCUT2D eigenvalue weighted by Crippen LogP contribution is 2.26. The monoisotopic (exact) mass is 295 g/mol. The molecule has 1 aromatic carbocycles. The summed E-state index contributed by atoms with van der Waals surface area (Å²) in [5.74, 6) is 6.45. The van der Waals surface area contributed by atoms with Crippen LogP contribution >= 0.6 is 15.9 Å². The first-order chi connectivity index (χ1) is 8.20. The highest BCUT2D eigenvalue weighted by molar-refractivity contribution is 9.10. The minimum Gasteiger partial charge on any atom is -0.469 e.